The number of nitrogens with zero attached hydrogens (tertiary/aromatic N) is 3. The molecule has 2 amide bonds. The van der Waals surface area contributed by atoms with Crippen LogP contribution in [0.5, 0.6) is 5.75 Å². The van der Waals surface area contributed by atoms with Crippen molar-refractivity contribution in [1.82, 2.24) is 15.1 Å². The summed E-state index contributed by atoms with van der Waals surface area (Å²) in [5.74, 6) is 0.881. The molecule has 0 saturated carbocycles. The van der Waals surface area contributed by atoms with Crippen LogP contribution in [0.3, 0.4) is 0 Å². The van der Waals surface area contributed by atoms with Gasteiger partial charge in [-0.05, 0) is 48.6 Å². The molecule has 6 nitrogen and oxygen atoms in total. The zero-order valence-electron chi connectivity index (χ0n) is 17.0. The smallest absolute Gasteiger partial charge is 0.317 e. The molecule has 156 valence electrons. The van der Waals surface area contributed by atoms with Crippen molar-refractivity contribution in [2.75, 3.05) is 51.3 Å². The minimum Gasteiger partial charge on any atom is -0.497 e. The van der Waals surface area contributed by atoms with Gasteiger partial charge in [-0.15, -0.1) is 11.3 Å². The fourth-order valence-corrected chi connectivity index (χ4v) is 4.82. The normalized spacial score (nSPS) is 18.7. The first kappa shape index (κ1) is 20.0. The molecule has 0 radical (unpaired) electrons. The number of benzene rings is 1. The highest BCUT2D eigenvalue weighted by atomic mass is 32.1. The van der Waals surface area contributed by atoms with Crippen LogP contribution in [0, 0.1) is 0 Å². The van der Waals surface area contributed by atoms with E-state index in [0.29, 0.717) is 0 Å². The molecule has 2 aliphatic rings. The third-order valence-corrected chi connectivity index (χ3v) is 6.74. The summed E-state index contributed by atoms with van der Waals surface area (Å²) < 4.78 is 5.23. The van der Waals surface area contributed by atoms with Crippen LogP contribution in [0.15, 0.2) is 41.8 Å². The Balaban J connectivity index is 1.19. The molecule has 0 unspecified atom stereocenters. The highest BCUT2D eigenvalue weighted by Gasteiger charge is 2.25. The van der Waals surface area contributed by atoms with Crippen molar-refractivity contribution in [1.29, 1.82) is 0 Å². The van der Waals surface area contributed by atoms with Crippen molar-refractivity contribution in [3.05, 3.63) is 46.7 Å². The molecule has 2 fully saturated rings. The molecule has 1 aromatic heterocycles. The van der Waals surface area contributed by atoms with E-state index in [-0.39, 0.29) is 12.1 Å². The van der Waals surface area contributed by atoms with E-state index in [0.717, 1.165) is 64.4 Å². The molecular weight excluding hydrogens is 384 g/mol. The maximum absolute atomic E-state index is 12.7. The number of anilines is 1. The number of ether oxygens (including phenoxy) is 1. The number of rotatable bonds is 5. The van der Waals surface area contributed by atoms with Crippen molar-refractivity contribution < 1.29 is 9.53 Å². The van der Waals surface area contributed by atoms with Crippen LogP contribution < -0.4 is 15.0 Å². The Hall–Kier alpha value is -2.25. The molecule has 29 heavy (non-hydrogen) atoms. The van der Waals surface area contributed by atoms with Crippen LogP contribution in [0.2, 0.25) is 0 Å². The van der Waals surface area contributed by atoms with Gasteiger partial charge in [0.25, 0.3) is 0 Å². The lowest BCUT2D eigenvalue weighted by Gasteiger charge is -2.37. The number of urea groups is 1. The summed E-state index contributed by atoms with van der Waals surface area (Å²) in [6.45, 7) is 6.43. The van der Waals surface area contributed by atoms with Gasteiger partial charge in [-0.3, -0.25) is 4.90 Å². The number of piperazine rings is 1. The van der Waals surface area contributed by atoms with Gasteiger partial charge in [0.15, 0.2) is 0 Å². The second-order valence-electron chi connectivity index (χ2n) is 7.75. The lowest BCUT2D eigenvalue weighted by atomic mass is 10.0. The van der Waals surface area contributed by atoms with E-state index in [1.54, 1.807) is 18.4 Å². The molecule has 1 aromatic carbocycles. The SMILES string of the molecule is COc1ccc(N2CCC(NC(=O)N3CCN(Cc4cccs4)CC3)CC2)cc1. The van der Waals surface area contributed by atoms with Crippen molar-refractivity contribution in [3.8, 4) is 5.75 Å². The second kappa shape index (κ2) is 9.50. The number of hydrogen-bond donors (Lipinski definition) is 1. The Bertz CT molecular complexity index is 765. The second-order valence-corrected chi connectivity index (χ2v) is 8.78. The summed E-state index contributed by atoms with van der Waals surface area (Å²) in [7, 11) is 1.69. The van der Waals surface area contributed by atoms with Crippen molar-refractivity contribution in [2.24, 2.45) is 0 Å². The average Bonchev–Trinajstić information content (AvgIpc) is 3.28. The number of nitrogens with one attached hydrogen (secondary N) is 1. The number of hydrogen-bond acceptors (Lipinski definition) is 5. The van der Waals surface area contributed by atoms with Gasteiger partial charge in [-0.1, -0.05) is 6.07 Å². The average molecular weight is 415 g/mol. The van der Waals surface area contributed by atoms with Gasteiger partial charge in [0.1, 0.15) is 5.75 Å². The Morgan fingerprint density at radius 1 is 1.07 bits per heavy atom. The van der Waals surface area contributed by atoms with Gasteiger partial charge in [-0.25, -0.2) is 4.79 Å². The molecular formula is C22H30N4O2S. The van der Waals surface area contributed by atoms with Crippen molar-refractivity contribution in [3.63, 3.8) is 0 Å². The standard InChI is InChI=1S/C22H30N4O2S/c1-28-20-6-4-19(5-7-20)25-10-8-18(9-11-25)23-22(27)26-14-12-24(13-15-26)17-21-3-2-16-29-21/h2-7,16,18H,8-15,17H2,1H3,(H,23,27). The van der Waals surface area contributed by atoms with E-state index in [9.17, 15) is 4.79 Å². The third kappa shape index (κ3) is 5.22. The lowest BCUT2D eigenvalue weighted by Crippen LogP contribution is -2.54. The Morgan fingerprint density at radius 2 is 1.79 bits per heavy atom. The molecule has 0 atom stereocenters. The first-order valence-corrected chi connectivity index (χ1v) is 11.3. The molecule has 4 rings (SSSR count). The first-order valence-electron chi connectivity index (χ1n) is 10.4. The van der Waals surface area contributed by atoms with Gasteiger partial charge in [0.05, 0.1) is 7.11 Å². The largest absolute Gasteiger partial charge is 0.497 e. The van der Waals surface area contributed by atoms with E-state index in [1.165, 1.54) is 10.6 Å². The van der Waals surface area contributed by atoms with Crippen molar-refractivity contribution in [2.45, 2.75) is 25.4 Å². The predicted octanol–water partition coefficient (Wildman–Crippen LogP) is 3.25. The van der Waals surface area contributed by atoms with E-state index in [2.05, 4.69) is 44.8 Å². The third-order valence-electron chi connectivity index (χ3n) is 5.88. The minimum atomic E-state index is 0.101. The monoisotopic (exact) mass is 414 g/mol. The molecule has 2 saturated heterocycles. The summed E-state index contributed by atoms with van der Waals surface area (Å²) in [5.41, 5.74) is 1.22. The van der Waals surface area contributed by atoms with Crippen LogP contribution in [-0.2, 0) is 6.54 Å². The highest BCUT2D eigenvalue weighted by Crippen LogP contribution is 2.23. The van der Waals surface area contributed by atoms with Gasteiger partial charge in [0.2, 0.25) is 0 Å². The van der Waals surface area contributed by atoms with E-state index >= 15 is 0 Å². The quantitative estimate of drug-likeness (QED) is 0.816. The first-order chi connectivity index (χ1) is 14.2. The molecule has 2 aromatic rings. The number of amides is 2. The lowest BCUT2D eigenvalue weighted by molar-refractivity contribution is 0.133. The van der Waals surface area contributed by atoms with Crippen LogP contribution >= 0.6 is 11.3 Å². The van der Waals surface area contributed by atoms with Crippen molar-refractivity contribution >= 4 is 23.1 Å². The summed E-state index contributed by atoms with van der Waals surface area (Å²) in [5, 5.41) is 5.39. The summed E-state index contributed by atoms with van der Waals surface area (Å²) in [6.07, 6.45) is 1.96. The van der Waals surface area contributed by atoms with Crippen LogP contribution in [0.25, 0.3) is 0 Å². The number of thiophene rings is 1. The Labute approximate surface area is 177 Å². The summed E-state index contributed by atoms with van der Waals surface area (Å²) >= 11 is 1.80. The number of piperidine rings is 1. The fourth-order valence-electron chi connectivity index (χ4n) is 4.07. The zero-order chi connectivity index (χ0) is 20.1. The summed E-state index contributed by atoms with van der Waals surface area (Å²) in [4.78, 5) is 20.9. The Morgan fingerprint density at radius 3 is 2.41 bits per heavy atom. The van der Waals surface area contributed by atoms with Gasteiger partial charge in [-0.2, -0.15) is 0 Å². The van der Waals surface area contributed by atoms with E-state index in [1.807, 2.05) is 17.0 Å². The molecule has 1 N–H and O–H groups in total. The molecule has 7 heteroatoms. The summed E-state index contributed by atoms with van der Waals surface area (Å²) in [6, 6.07) is 12.9. The van der Waals surface area contributed by atoms with Gasteiger partial charge in [0, 0.05) is 62.4 Å². The maximum atomic E-state index is 12.7. The van der Waals surface area contributed by atoms with E-state index in [4.69, 9.17) is 4.74 Å². The van der Waals surface area contributed by atoms with Crippen LogP contribution in [-0.4, -0.2) is 68.3 Å². The maximum Gasteiger partial charge on any atom is 0.317 e. The number of methoxy groups -OCH3 is 1. The topological polar surface area (TPSA) is 48.1 Å². The number of carbonyl (C=O) groups is 1. The number of carbonyl (C=O) groups excluding carboxylic acids is 1. The van der Waals surface area contributed by atoms with Gasteiger partial charge >= 0.3 is 6.03 Å². The molecule has 0 aliphatic carbocycles. The molecule has 0 spiro atoms. The highest BCUT2D eigenvalue weighted by molar-refractivity contribution is 7.09. The zero-order valence-corrected chi connectivity index (χ0v) is 17.9. The molecule has 2 aliphatic heterocycles. The van der Waals surface area contributed by atoms with Gasteiger partial charge < -0.3 is 19.9 Å². The molecule has 0 bridgehead atoms. The minimum absolute atomic E-state index is 0.101. The Kier molecular flexibility index (Phi) is 6.56. The molecule has 3 heterocycles. The van der Waals surface area contributed by atoms with E-state index < -0.39 is 0 Å². The fraction of sp³-hybridized carbons (Fsp3) is 0.500. The predicted molar refractivity (Wildman–Crippen MR) is 118 cm³/mol. The van der Waals surface area contributed by atoms with Crippen LogP contribution in [0.1, 0.15) is 17.7 Å². The van der Waals surface area contributed by atoms with Crippen LogP contribution in [0.4, 0.5) is 10.5 Å².